The lowest BCUT2D eigenvalue weighted by molar-refractivity contribution is 0.102. The molecule has 0 radical (unpaired) electrons. The summed E-state index contributed by atoms with van der Waals surface area (Å²) in [5.41, 5.74) is 2.53. The fourth-order valence-corrected chi connectivity index (χ4v) is 6.29. The van der Waals surface area contributed by atoms with E-state index in [0.717, 1.165) is 9.87 Å². The monoisotopic (exact) mass is 583 g/mol. The Bertz CT molecular complexity index is 1740. The van der Waals surface area contributed by atoms with Crippen LogP contribution in [0.5, 0.6) is 0 Å². The van der Waals surface area contributed by atoms with Crippen molar-refractivity contribution in [1.29, 1.82) is 0 Å². The molecule has 0 spiro atoms. The minimum absolute atomic E-state index is 0.0100. The fourth-order valence-electron chi connectivity index (χ4n) is 3.78. The van der Waals surface area contributed by atoms with E-state index in [0.29, 0.717) is 22.0 Å². The fraction of sp³-hybridized carbons (Fsp3) is 0.107. The van der Waals surface area contributed by atoms with Crippen molar-refractivity contribution in [3.05, 3.63) is 113 Å². The first kappa shape index (κ1) is 28.2. The number of benzene rings is 4. The first-order valence-corrected chi connectivity index (χ1v) is 15.0. The largest absolute Gasteiger partial charge is 0.322 e. The van der Waals surface area contributed by atoms with Gasteiger partial charge in [-0.05, 0) is 80.1 Å². The van der Waals surface area contributed by atoms with Crippen LogP contribution in [0.4, 0.5) is 17.1 Å². The second-order valence-corrected chi connectivity index (χ2v) is 12.9. The van der Waals surface area contributed by atoms with Crippen LogP contribution in [0, 0.1) is 13.8 Å². The van der Waals surface area contributed by atoms with Crippen molar-refractivity contribution in [2.75, 3.05) is 21.4 Å². The molecule has 0 saturated heterocycles. The summed E-state index contributed by atoms with van der Waals surface area (Å²) < 4.78 is 55.7. The van der Waals surface area contributed by atoms with Gasteiger partial charge in [0.15, 0.2) is 0 Å². The molecule has 39 heavy (non-hydrogen) atoms. The molecule has 4 rings (SSSR count). The Labute approximate surface area is 233 Å². The van der Waals surface area contributed by atoms with Crippen LogP contribution in [0.2, 0.25) is 5.02 Å². The Morgan fingerprint density at radius 1 is 0.769 bits per heavy atom. The maximum atomic E-state index is 13.2. The van der Waals surface area contributed by atoms with E-state index in [9.17, 15) is 21.6 Å². The Kier molecular flexibility index (Phi) is 8.01. The number of anilines is 3. The van der Waals surface area contributed by atoms with Crippen molar-refractivity contribution in [3.8, 4) is 0 Å². The minimum atomic E-state index is -3.92. The molecule has 0 unspecified atom stereocenters. The van der Waals surface area contributed by atoms with E-state index in [4.69, 9.17) is 11.6 Å². The molecule has 8 nitrogen and oxygen atoms in total. The van der Waals surface area contributed by atoms with E-state index >= 15 is 0 Å². The van der Waals surface area contributed by atoms with E-state index in [1.165, 1.54) is 49.5 Å². The van der Waals surface area contributed by atoms with Gasteiger partial charge in [-0.3, -0.25) is 13.8 Å². The standard InChI is InChI=1S/C28H26ClN3O5S2/c1-19-11-15-23(16-12-19)39(36,37)32(3)27-10-5-4-7-24(27)28(33)30-21-13-17-22(18-14-21)38(34,35)31-26-9-6-8-25(29)20(26)2/h4-18,31H,1-3H3,(H,30,33). The number of nitrogens with one attached hydrogen (secondary N) is 2. The van der Waals surface area contributed by atoms with Gasteiger partial charge in [-0.2, -0.15) is 0 Å². The molecule has 0 heterocycles. The highest BCUT2D eigenvalue weighted by Crippen LogP contribution is 2.28. The highest BCUT2D eigenvalue weighted by molar-refractivity contribution is 7.93. The summed E-state index contributed by atoms with van der Waals surface area (Å²) in [5.74, 6) is -0.556. The third-order valence-electron chi connectivity index (χ3n) is 6.10. The number of aryl methyl sites for hydroxylation is 1. The number of amides is 1. The van der Waals surface area contributed by atoms with E-state index in [1.807, 2.05) is 6.92 Å². The van der Waals surface area contributed by atoms with E-state index in [2.05, 4.69) is 10.0 Å². The van der Waals surface area contributed by atoms with Crippen molar-refractivity contribution in [1.82, 2.24) is 0 Å². The van der Waals surface area contributed by atoms with Crippen LogP contribution < -0.4 is 14.3 Å². The summed E-state index contributed by atoms with van der Waals surface area (Å²) >= 11 is 6.09. The topological polar surface area (TPSA) is 113 Å². The molecule has 0 bridgehead atoms. The molecule has 0 atom stereocenters. The van der Waals surface area contributed by atoms with Crippen molar-refractivity contribution >= 4 is 54.6 Å². The van der Waals surface area contributed by atoms with Gasteiger partial charge in [0.25, 0.3) is 26.0 Å². The number of hydrogen-bond donors (Lipinski definition) is 2. The summed E-state index contributed by atoms with van der Waals surface area (Å²) in [4.78, 5) is 13.3. The molecule has 202 valence electrons. The molecule has 0 fully saturated rings. The molecule has 0 aliphatic rings. The smallest absolute Gasteiger partial charge is 0.264 e. The Balaban J connectivity index is 1.54. The molecule has 4 aromatic rings. The van der Waals surface area contributed by atoms with Gasteiger partial charge in [0.05, 0.1) is 26.7 Å². The average molecular weight is 584 g/mol. The van der Waals surface area contributed by atoms with Crippen molar-refractivity contribution in [3.63, 3.8) is 0 Å². The third-order valence-corrected chi connectivity index (χ3v) is 9.68. The maximum Gasteiger partial charge on any atom is 0.264 e. The number of halogens is 1. The quantitative estimate of drug-likeness (QED) is 0.271. The molecule has 0 saturated carbocycles. The van der Waals surface area contributed by atoms with E-state index < -0.39 is 26.0 Å². The molecule has 0 aromatic heterocycles. The van der Waals surface area contributed by atoms with Crippen molar-refractivity contribution in [2.45, 2.75) is 23.6 Å². The van der Waals surface area contributed by atoms with Crippen molar-refractivity contribution in [2.24, 2.45) is 0 Å². The van der Waals surface area contributed by atoms with Crippen LogP contribution in [-0.4, -0.2) is 29.8 Å². The lowest BCUT2D eigenvalue weighted by Gasteiger charge is -2.22. The lowest BCUT2D eigenvalue weighted by Crippen LogP contribution is -2.29. The normalized spacial score (nSPS) is 11.6. The average Bonchev–Trinajstić information content (AvgIpc) is 2.91. The Morgan fingerprint density at radius 3 is 2.05 bits per heavy atom. The van der Waals surface area contributed by atoms with Crippen LogP contribution in [0.3, 0.4) is 0 Å². The second-order valence-electron chi connectivity index (χ2n) is 8.80. The zero-order chi connectivity index (χ0) is 28.4. The molecule has 4 aromatic carbocycles. The summed E-state index contributed by atoms with van der Waals surface area (Å²) in [5, 5.41) is 3.14. The minimum Gasteiger partial charge on any atom is -0.322 e. The predicted octanol–water partition coefficient (Wildman–Crippen LogP) is 5.84. The number of sulfonamides is 2. The molecule has 0 aliphatic carbocycles. The summed E-state index contributed by atoms with van der Waals surface area (Å²) in [6, 6.07) is 23.3. The van der Waals surface area contributed by atoms with Crippen molar-refractivity contribution < 1.29 is 21.6 Å². The van der Waals surface area contributed by atoms with Gasteiger partial charge < -0.3 is 5.32 Å². The van der Waals surface area contributed by atoms with Gasteiger partial charge in [0, 0.05) is 17.8 Å². The molecule has 0 aliphatic heterocycles. The number of hydrogen-bond acceptors (Lipinski definition) is 5. The summed E-state index contributed by atoms with van der Waals surface area (Å²) in [6.45, 7) is 3.57. The molecule has 11 heteroatoms. The zero-order valence-corrected chi connectivity index (χ0v) is 23.7. The van der Waals surface area contributed by atoms with Crippen LogP contribution in [0.15, 0.2) is 101 Å². The number of carbonyl (C=O) groups excluding carboxylic acids is 1. The van der Waals surface area contributed by atoms with Crippen LogP contribution >= 0.6 is 11.6 Å². The first-order chi connectivity index (χ1) is 18.4. The SMILES string of the molecule is Cc1ccc(S(=O)(=O)N(C)c2ccccc2C(=O)Nc2ccc(S(=O)(=O)Nc3cccc(Cl)c3C)cc2)cc1. The molecular weight excluding hydrogens is 558 g/mol. The maximum absolute atomic E-state index is 13.2. The first-order valence-electron chi connectivity index (χ1n) is 11.7. The van der Waals surface area contributed by atoms with Crippen LogP contribution in [0.25, 0.3) is 0 Å². The highest BCUT2D eigenvalue weighted by Gasteiger charge is 2.25. The number of nitrogens with zero attached hydrogens (tertiary/aromatic N) is 1. The number of carbonyl (C=O) groups is 1. The Hall–Kier alpha value is -3.86. The molecule has 1 amide bonds. The van der Waals surface area contributed by atoms with E-state index in [1.54, 1.807) is 55.5 Å². The van der Waals surface area contributed by atoms with Crippen LogP contribution in [-0.2, 0) is 20.0 Å². The van der Waals surface area contributed by atoms with Gasteiger partial charge >= 0.3 is 0 Å². The predicted molar refractivity (Wildman–Crippen MR) is 155 cm³/mol. The van der Waals surface area contributed by atoms with E-state index in [-0.39, 0.29) is 21.0 Å². The molecular formula is C28H26ClN3O5S2. The molecule has 2 N–H and O–H groups in total. The third kappa shape index (κ3) is 6.08. The van der Waals surface area contributed by atoms with Gasteiger partial charge in [0.1, 0.15) is 0 Å². The zero-order valence-electron chi connectivity index (χ0n) is 21.3. The lowest BCUT2D eigenvalue weighted by atomic mass is 10.1. The van der Waals surface area contributed by atoms with Gasteiger partial charge in [0.2, 0.25) is 0 Å². The second kappa shape index (κ2) is 11.1. The number of rotatable bonds is 8. The Morgan fingerprint density at radius 2 is 1.38 bits per heavy atom. The highest BCUT2D eigenvalue weighted by atomic mass is 35.5. The van der Waals surface area contributed by atoms with Gasteiger partial charge in [-0.1, -0.05) is 47.5 Å². The number of para-hydroxylation sites is 1. The van der Waals surface area contributed by atoms with Gasteiger partial charge in [-0.15, -0.1) is 0 Å². The van der Waals surface area contributed by atoms with Gasteiger partial charge in [-0.25, -0.2) is 16.8 Å². The summed E-state index contributed by atoms with van der Waals surface area (Å²) in [7, 11) is -6.44. The van der Waals surface area contributed by atoms with Crippen LogP contribution in [0.1, 0.15) is 21.5 Å². The summed E-state index contributed by atoms with van der Waals surface area (Å²) in [6.07, 6.45) is 0.